The molecule has 0 amide bonds. The molecular weight excluding hydrogens is 510 g/mol. The van der Waals surface area contributed by atoms with Crippen LogP contribution in [-0.4, -0.2) is 51.7 Å². The summed E-state index contributed by atoms with van der Waals surface area (Å²) in [5, 5.41) is 15.8. The summed E-state index contributed by atoms with van der Waals surface area (Å²) in [6, 6.07) is 7.30. The molecule has 11 heteroatoms. The molecule has 0 bridgehead atoms. The number of hydrogen-bond acceptors (Lipinski definition) is 7. The lowest BCUT2D eigenvalue weighted by molar-refractivity contribution is -0.154. The van der Waals surface area contributed by atoms with E-state index in [1.54, 1.807) is 23.7 Å². The second kappa shape index (κ2) is 11.6. The molecule has 36 heavy (non-hydrogen) atoms. The van der Waals surface area contributed by atoms with Crippen LogP contribution in [0.4, 0.5) is 19.7 Å². The van der Waals surface area contributed by atoms with Gasteiger partial charge in [0.25, 0.3) is 0 Å². The number of aromatic nitrogens is 2. The molecule has 7 nitrogen and oxygen atoms in total. The number of carboxylic acids is 1. The number of pyridine rings is 1. The zero-order chi connectivity index (χ0) is 25.7. The van der Waals surface area contributed by atoms with E-state index in [4.69, 9.17) is 16.3 Å². The maximum Gasteiger partial charge on any atom is 0.310 e. The predicted molar refractivity (Wildman–Crippen MR) is 135 cm³/mol. The van der Waals surface area contributed by atoms with Crippen molar-refractivity contribution in [2.24, 2.45) is 5.41 Å². The second-order valence-electron chi connectivity index (χ2n) is 8.80. The summed E-state index contributed by atoms with van der Waals surface area (Å²) in [6.07, 6.45) is 2.01. The molecule has 192 valence electrons. The zero-order valence-corrected chi connectivity index (χ0v) is 21.3. The Labute approximate surface area is 217 Å². The van der Waals surface area contributed by atoms with Crippen LogP contribution in [0.25, 0.3) is 0 Å². The van der Waals surface area contributed by atoms with Crippen molar-refractivity contribution in [2.75, 3.05) is 25.1 Å². The van der Waals surface area contributed by atoms with Gasteiger partial charge in [-0.3, -0.25) is 9.69 Å². The number of hydrogen-bond donors (Lipinski definition) is 2. The quantitative estimate of drug-likeness (QED) is 0.352. The molecule has 0 radical (unpaired) electrons. The molecule has 0 saturated carbocycles. The molecule has 1 aromatic carbocycles. The zero-order valence-electron chi connectivity index (χ0n) is 19.7. The van der Waals surface area contributed by atoms with E-state index in [0.29, 0.717) is 29.7 Å². The first kappa shape index (κ1) is 26.4. The van der Waals surface area contributed by atoms with Gasteiger partial charge >= 0.3 is 5.97 Å². The summed E-state index contributed by atoms with van der Waals surface area (Å²) >= 11 is 7.33. The number of piperidine rings is 1. The Morgan fingerprint density at radius 2 is 2.19 bits per heavy atom. The SMILES string of the molecule is CCOCC1CC(Cc2nc(Nc3nccs3)ccc2F)(C(=O)O)CCN1Cc1cccc(Cl)c1F. The van der Waals surface area contributed by atoms with Gasteiger partial charge in [0.15, 0.2) is 5.13 Å². The van der Waals surface area contributed by atoms with E-state index < -0.39 is 23.0 Å². The van der Waals surface area contributed by atoms with Crippen LogP contribution in [0.15, 0.2) is 41.9 Å². The Balaban J connectivity index is 1.57. The lowest BCUT2D eigenvalue weighted by Gasteiger charge is -2.44. The summed E-state index contributed by atoms with van der Waals surface area (Å²) < 4.78 is 35.0. The summed E-state index contributed by atoms with van der Waals surface area (Å²) in [7, 11) is 0. The van der Waals surface area contributed by atoms with E-state index in [9.17, 15) is 18.7 Å². The van der Waals surface area contributed by atoms with Gasteiger partial charge in [-0.15, -0.1) is 11.3 Å². The number of aliphatic carboxylic acids is 1. The number of likely N-dealkylation sites (tertiary alicyclic amines) is 1. The average molecular weight is 537 g/mol. The monoisotopic (exact) mass is 536 g/mol. The minimum atomic E-state index is -1.25. The highest BCUT2D eigenvalue weighted by Crippen LogP contribution is 2.40. The first-order chi connectivity index (χ1) is 17.3. The van der Waals surface area contributed by atoms with Gasteiger partial charge in [0.1, 0.15) is 17.5 Å². The Kier molecular flexibility index (Phi) is 8.50. The van der Waals surface area contributed by atoms with Crippen LogP contribution in [0.2, 0.25) is 5.02 Å². The molecule has 2 atom stereocenters. The van der Waals surface area contributed by atoms with Gasteiger partial charge in [-0.2, -0.15) is 0 Å². The fraction of sp³-hybridized carbons (Fsp3) is 0.400. The van der Waals surface area contributed by atoms with E-state index in [-0.39, 0.29) is 49.2 Å². The van der Waals surface area contributed by atoms with Gasteiger partial charge in [-0.25, -0.2) is 18.7 Å². The first-order valence-corrected chi connectivity index (χ1v) is 12.9. The maximum absolute atomic E-state index is 14.8. The van der Waals surface area contributed by atoms with Crippen molar-refractivity contribution in [2.45, 2.75) is 38.8 Å². The van der Waals surface area contributed by atoms with Gasteiger partial charge in [0.05, 0.1) is 22.7 Å². The van der Waals surface area contributed by atoms with Crippen molar-refractivity contribution < 1.29 is 23.4 Å². The highest BCUT2D eigenvalue weighted by molar-refractivity contribution is 7.13. The van der Waals surface area contributed by atoms with Crippen LogP contribution in [0.1, 0.15) is 31.0 Å². The van der Waals surface area contributed by atoms with E-state index in [2.05, 4.69) is 15.3 Å². The summed E-state index contributed by atoms with van der Waals surface area (Å²) in [5.41, 5.74) is -0.748. The van der Waals surface area contributed by atoms with Crippen molar-refractivity contribution in [1.82, 2.24) is 14.9 Å². The largest absolute Gasteiger partial charge is 0.481 e. The smallest absolute Gasteiger partial charge is 0.310 e. The molecule has 2 unspecified atom stereocenters. The van der Waals surface area contributed by atoms with Crippen LogP contribution >= 0.6 is 22.9 Å². The summed E-state index contributed by atoms with van der Waals surface area (Å²) in [5.74, 6) is -1.68. The number of rotatable bonds is 10. The fourth-order valence-electron chi connectivity index (χ4n) is 4.56. The number of carboxylic acid groups (broad SMARTS) is 1. The standard InChI is InChI=1S/C25H27ClF2N4O3S/c1-2-35-15-17-12-25(23(33)34,8-10-32(17)14-16-4-3-5-18(26)22(16)28)13-20-19(27)6-7-21(30-20)31-24-29-9-11-36-24/h3-7,9,11,17H,2,8,10,12-15H2,1H3,(H,33,34)(H,29,30,31). The van der Waals surface area contributed by atoms with E-state index in [0.717, 1.165) is 0 Å². The Hall–Kier alpha value is -2.66. The molecule has 0 aliphatic carbocycles. The second-order valence-corrected chi connectivity index (χ2v) is 10.1. The molecule has 2 N–H and O–H groups in total. The van der Waals surface area contributed by atoms with Gasteiger partial charge in [-0.05, 0) is 44.5 Å². The first-order valence-electron chi connectivity index (χ1n) is 11.6. The number of anilines is 2. The lowest BCUT2D eigenvalue weighted by atomic mass is 9.72. The molecular formula is C25H27ClF2N4O3S. The van der Waals surface area contributed by atoms with Crippen molar-refractivity contribution in [3.8, 4) is 0 Å². The third-order valence-electron chi connectivity index (χ3n) is 6.49. The van der Waals surface area contributed by atoms with Gasteiger partial charge < -0.3 is 15.2 Å². The topological polar surface area (TPSA) is 87.6 Å². The number of halogens is 3. The summed E-state index contributed by atoms with van der Waals surface area (Å²) in [6.45, 7) is 3.22. The lowest BCUT2D eigenvalue weighted by Crippen LogP contribution is -2.52. The normalized spacial score (nSPS) is 20.4. The fourth-order valence-corrected chi connectivity index (χ4v) is 5.29. The van der Waals surface area contributed by atoms with Crippen LogP contribution in [0.5, 0.6) is 0 Å². The third-order valence-corrected chi connectivity index (χ3v) is 7.47. The van der Waals surface area contributed by atoms with Crippen molar-refractivity contribution in [1.29, 1.82) is 0 Å². The van der Waals surface area contributed by atoms with Gasteiger partial charge in [0, 0.05) is 42.8 Å². The molecule has 1 aliphatic rings. The van der Waals surface area contributed by atoms with Crippen LogP contribution in [0.3, 0.4) is 0 Å². The Bertz CT molecular complexity index is 1200. The number of nitrogens with zero attached hydrogens (tertiary/aromatic N) is 3. The minimum Gasteiger partial charge on any atom is -0.481 e. The Morgan fingerprint density at radius 3 is 2.92 bits per heavy atom. The highest BCUT2D eigenvalue weighted by atomic mass is 35.5. The van der Waals surface area contributed by atoms with Crippen LogP contribution < -0.4 is 5.32 Å². The molecule has 0 spiro atoms. The molecule has 1 fully saturated rings. The number of thiazole rings is 1. The molecule has 3 heterocycles. The number of ether oxygens (including phenoxy) is 1. The van der Waals surface area contributed by atoms with E-state index >= 15 is 0 Å². The molecule has 4 rings (SSSR count). The summed E-state index contributed by atoms with van der Waals surface area (Å²) in [4.78, 5) is 23.1. The maximum atomic E-state index is 14.8. The third kappa shape index (κ3) is 6.00. The van der Waals surface area contributed by atoms with Crippen LogP contribution in [0, 0.1) is 17.0 Å². The van der Waals surface area contributed by atoms with Crippen LogP contribution in [-0.2, 0) is 22.5 Å². The van der Waals surface area contributed by atoms with E-state index in [1.165, 1.54) is 29.5 Å². The predicted octanol–water partition coefficient (Wildman–Crippen LogP) is 5.53. The molecule has 2 aromatic heterocycles. The minimum absolute atomic E-state index is 0.0403. The van der Waals surface area contributed by atoms with E-state index in [1.807, 2.05) is 11.8 Å². The number of carbonyl (C=O) groups is 1. The average Bonchev–Trinajstić information content (AvgIpc) is 3.37. The Morgan fingerprint density at radius 1 is 1.36 bits per heavy atom. The highest BCUT2D eigenvalue weighted by Gasteiger charge is 2.46. The molecule has 1 aliphatic heterocycles. The number of benzene rings is 1. The van der Waals surface area contributed by atoms with Crippen molar-refractivity contribution >= 4 is 39.9 Å². The van der Waals surface area contributed by atoms with Gasteiger partial charge in [-0.1, -0.05) is 23.7 Å². The van der Waals surface area contributed by atoms with Crippen molar-refractivity contribution in [3.63, 3.8) is 0 Å². The number of nitrogens with one attached hydrogen (secondary N) is 1. The van der Waals surface area contributed by atoms with Gasteiger partial charge in [0.2, 0.25) is 0 Å². The molecule has 1 saturated heterocycles. The molecule has 3 aromatic rings. The van der Waals surface area contributed by atoms with Crippen molar-refractivity contribution in [3.05, 3.63) is 69.8 Å².